The molecule has 0 radical (unpaired) electrons. The number of aryl methyl sites for hydroxylation is 1. The van der Waals surface area contributed by atoms with Gasteiger partial charge in [0, 0.05) is 11.8 Å². The normalized spacial score (nSPS) is 10.2. The summed E-state index contributed by atoms with van der Waals surface area (Å²) in [6, 6.07) is 7.06. The minimum Gasteiger partial charge on any atom is -0.493 e. The van der Waals surface area contributed by atoms with Crippen LogP contribution in [0.4, 0.5) is 5.69 Å². The number of anilines is 1. The molecule has 0 atom stereocenters. The maximum absolute atomic E-state index is 11.6. The molecule has 3 N–H and O–H groups in total. The van der Waals surface area contributed by atoms with Crippen LogP contribution in [-0.4, -0.2) is 22.7 Å². The number of hydrogen-bond acceptors (Lipinski definition) is 6. The molecule has 0 bridgehead atoms. The van der Waals surface area contributed by atoms with Crippen LogP contribution in [0.2, 0.25) is 0 Å². The Labute approximate surface area is 116 Å². The highest BCUT2D eigenvalue weighted by molar-refractivity contribution is 5.75. The molecule has 0 aliphatic rings. The summed E-state index contributed by atoms with van der Waals surface area (Å²) < 4.78 is 10.3. The van der Waals surface area contributed by atoms with Crippen molar-refractivity contribution in [1.82, 2.24) is 15.5 Å². The molecule has 0 fully saturated rings. The standard InChI is InChI=1S/C13H16N4O3/c1-9-16-13(20-17-9)8-15-12(18)5-6-19-11-4-2-3-10(14)7-11/h2-4,7H,5-6,8,14H2,1H3,(H,15,18). The number of benzene rings is 1. The Morgan fingerprint density at radius 1 is 1.50 bits per heavy atom. The minimum atomic E-state index is -0.148. The van der Waals surface area contributed by atoms with Crippen LogP contribution in [0, 0.1) is 6.92 Å². The fourth-order valence-corrected chi connectivity index (χ4v) is 1.54. The number of amides is 1. The molecular weight excluding hydrogens is 260 g/mol. The van der Waals surface area contributed by atoms with E-state index in [1.54, 1.807) is 31.2 Å². The van der Waals surface area contributed by atoms with Gasteiger partial charge in [-0.25, -0.2) is 0 Å². The van der Waals surface area contributed by atoms with E-state index in [0.29, 0.717) is 23.2 Å². The van der Waals surface area contributed by atoms with Crippen molar-refractivity contribution in [2.75, 3.05) is 12.3 Å². The lowest BCUT2D eigenvalue weighted by Gasteiger charge is -2.06. The summed E-state index contributed by atoms with van der Waals surface area (Å²) in [6.07, 6.45) is 0.238. The molecule has 1 aromatic heterocycles. The lowest BCUT2D eigenvalue weighted by Crippen LogP contribution is -2.24. The van der Waals surface area contributed by atoms with Gasteiger partial charge in [-0.3, -0.25) is 4.79 Å². The Morgan fingerprint density at radius 2 is 2.35 bits per heavy atom. The first-order chi connectivity index (χ1) is 9.63. The molecule has 1 amide bonds. The van der Waals surface area contributed by atoms with Crippen LogP contribution in [0.15, 0.2) is 28.8 Å². The van der Waals surface area contributed by atoms with E-state index < -0.39 is 0 Å². The van der Waals surface area contributed by atoms with Crippen molar-refractivity contribution < 1.29 is 14.1 Å². The molecule has 0 saturated carbocycles. The molecule has 0 unspecified atom stereocenters. The van der Waals surface area contributed by atoms with Crippen molar-refractivity contribution >= 4 is 11.6 Å². The maximum atomic E-state index is 11.6. The minimum absolute atomic E-state index is 0.148. The number of aromatic nitrogens is 2. The molecule has 0 aliphatic carbocycles. The third kappa shape index (κ3) is 4.27. The number of nitrogens with two attached hydrogens (primary N) is 1. The summed E-state index contributed by atoms with van der Waals surface area (Å²) in [5.74, 6) is 1.42. The highest BCUT2D eigenvalue weighted by Gasteiger charge is 2.06. The largest absolute Gasteiger partial charge is 0.493 e. The molecule has 7 nitrogen and oxygen atoms in total. The van der Waals surface area contributed by atoms with Crippen LogP contribution < -0.4 is 15.8 Å². The van der Waals surface area contributed by atoms with E-state index in [0.717, 1.165) is 0 Å². The van der Waals surface area contributed by atoms with E-state index in [4.69, 9.17) is 15.0 Å². The lowest BCUT2D eigenvalue weighted by molar-refractivity contribution is -0.121. The molecule has 2 aromatic rings. The number of nitrogens with zero attached hydrogens (tertiary/aromatic N) is 2. The van der Waals surface area contributed by atoms with Crippen molar-refractivity contribution in [3.05, 3.63) is 36.0 Å². The molecule has 20 heavy (non-hydrogen) atoms. The van der Waals surface area contributed by atoms with E-state index in [2.05, 4.69) is 15.5 Å². The van der Waals surface area contributed by atoms with Crippen LogP contribution in [0.25, 0.3) is 0 Å². The summed E-state index contributed by atoms with van der Waals surface area (Å²) >= 11 is 0. The quantitative estimate of drug-likeness (QED) is 0.764. The second-order valence-corrected chi connectivity index (χ2v) is 4.18. The molecule has 0 saturated heterocycles. The van der Waals surface area contributed by atoms with Crippen LogP contribution in [0.3, 0.4) is 0 Å². The van der Waals surface area contributed by atoms with Gasteiger partial charge in [0.15, 0.2) is 5.82 Å². The lowest BCUT2D eigenvalue weighted by atomic mass is 10.3. The summed E-state index contributed by atoms with van der Waals surface area (Å²) in [5.41, 5.74) is 6.25. The van der Waals surface area contributed by atoms with Crippen LogP contribution in [0.5, 0.6) is 5.75 Å². The van der Waals surface area contributed by atoms with Gasteiger partial charge in [-0.05, 0) is 19.1 Å². The Bertz CT molecular complexity index is 583. The Hall–Kier alpha value is -2.57. The molecule has 2 rings (SSSR count). The number of ether oxygens (including phenoxy) is 1. The predicted molar refractivity (Wildman–Crippen MR) is 71.8 cm³/mol. The highest BCUT2D eigenvalue weighted by atomic mass is 16.5. The molecule has 0 aliphatic heterocycles. The zero-order valence-electron chi connectivity index (χ0n) is 11.1. The van der Waals surface area contributed by atoms with Crippen LogP contribution >= 0.6 is 0 Å². The summed E-state index contributed by atoms with van der Waals surface area (Å²) in [7, 11) is 0. The predicted octanol–water partition coefficient (Wildman–Crippen LogP) is 1.05. The van der Waals surface area contributed by atoms with E-state index in [9.17, 15) is 4.79 Å². The number of rotatable bonds is 6. The molecule has 0 spiro atoms. The van der Waals surface area contributed by atoms with Gasteiger partial charge in [-0.2, -0.15) is 4.98 Å². The average molecular weight is 276 g/mol. The number of carbonyl (C=O) groups is 1. The van der Waals surface area contributed by atoms with Gasteiger partial charge in [0.05, 0.1) is 19.6 Å². The van der Waals surface area contributed by atoms with Crippen molar-refractivity contribution in [2.45, 2.75) is 19.9 Å². The Morgan fingerprint density at radius 3 is 3.05 bits per heavy atom. The second-order valence-electron chi connectivity index (χ2n) is 4.18. The van der Waals surface area contributed by atoms with Crippen molar-refractivity contribution in [3.8, 4) is 5.75 Å². The van der Waals surface area contributed by atoms with Gasteiger partial charge >= 0.3 is 0 Å². The molecular formula is C13H16N4O3. The van der Waals surface area contributed by atoms with Crippen LogP contribution in [-0.2, 0) is 11.3 Å². The van der Waals surface area contributed by atoms with E-state index in [-0.39, 0.29) is 25.5 Å². The zero-order chi connectivity index (χ0) is 14.4. The second kappa shape index (κ2) is 6.55. The van der Waals surface area contributed by atoms with Gasteiger partial charge in [0.1, 0.15) is 5.75 Å². The molecule has 1 heterocycles. The topological polar surface area (TPSA) is 103 Å². The maximum Gasteiger partial charge on any atom is 0.246 e. The van der Waals surface area contributed by atoms with Crippen molar-refractivity contribution in [3.63, 3.8) is 0 Å². The smallest absolute Gasteiger partial charge is 0.246 e. The molecule has 106 valence electrons. The third-order valence-electron chi connectivity index (χ3n) is 2.46. The molecule has 1 aromatic carbocycles. The summed E-state index contributed by atoms with van der Waals surface area (Å²) in [6.45, 7) is 2.21. The van der Waals surface area contributed by atoms with Crippen LogP contribution in [0.1, 0.15) is 18.1 Å². The van der Waals surface area contributed by atoms with Gasteiger partial charge in [-0.1, -0.05) is 11.2 Å². The SMILES string of the molecule is Cc1noc(CNC(=O)CCOc2cccc(N)c2)n1. The van der Waals surface area contributed by atoms with E-state index in [1.807, 2.05) is 0 Å². The summed E-state index contributed by atoms with van der Waals surface area (Å²) in [5, 5.41) is 6.30. The average Bonchev–Trinajstić information content (AvgIpc) is 2.82. The number of nitrogen functional groups attached to an aromatic ring is 1. The first-order valence-corrected chi connectivity index (χ1v) is 6.18. The van der Waals surface area contributed by atoms with E-state index >= 15 is 0 Å². The zero-order valence-corrected chi connectivity index (χ0v) is 11.1. The Kier molecular flexibility index (Phi) is 4.54. The monoisotopic (exact) mass is 276 g/mol. The molecule has 7 heteroatoms. The van der Waals surface area contributed by atoms with Gasteiger partial charge in [-0.15, -0.1) is 0 Å². The van der Waals surface area contributed by atoms with Crippen molar-refractivity contribution in [2.24, 2.45) is 0 Å². The number of nitrogens with one attached hydrogen (secondary N) is 1. The van der Waals surface area contributed by atoms with Crippen molar-refractivity contribution in [1.29, 1.82) is 0 Å². The first kappa shape index (κ1) is 13.9. The van der Waals surface area contributed by atoms with Gasteiger partial charge < -0.3 is 20.3 Å². The first-order valence-electron chi connectivity index (χ1n) is 6.18. The third-order valence-corrected chi connectivity index (χ3v) is 2.46. The van der Waals surface area contributed by atoms with Gasteiger partial charge in [0.2, 0.25) is 11.8 Å². The number of carbonyl (C=O) groups excluding carboxylic acids is 1. The fraction of sp³-hybridized carbons (Fsp3) is 0.308. The van der Waals surface area contributed by atoms with E-state index in [1.165, 1.54) is 0 Å². The number of hydrogen-bond donors (Lipinski definition) is 2. The van der Waals surface area contributed by atoms with Gasteiger partial charge in [0.25, 0.3) is 0 Å². The fourth-order valence-electron chi connectivity index (χ4n) is 1.54. The summed E-state index contributed by atoms with van der Waals surface area (Å²) in [4.78, 5) is 15.6. The highest BCUT2D eigenvalue weighted by Crippen LogP contribution is 2.14. The Balaban J connectivity index is 1.67.